The van der Waals surface area contributed by atoms with Gasteiger partial charge in [0, 0.05) is 11.6 Å². The van der Waals surface area contributed by atoms with Gasteiger partial charge in [-0.25, -0.2) is 17.2 Å². The van der Waals surface area contributed by atoms with Crippen LogP contribution in [0.4, 0.5) is 14.5 Å². The van der Waals surface area contributed by atoms with Gasteiger partial charge in [-0.05, 0) is 48.9 Å². The zero-order valence-electron chi connectivity index (χ0n) is 13.2. The maximum atomic E-state index is 13.8. The number of anilines is 1. The summed E-state index contributed by atoms with van der Waals surface area (Å²) in [7, 11) is -3.88. The van der Waals surface area contributed by atoms with E-state index >= 15 is 0 Å². The van der Waals surface area contributed by atoms with Gasteiger partial charge in [-0.2, -0.15) is 0 Å². The molecule has 130 valence electrons. The maximum absolute atomic E-state index is 13.8. The van der Waals surface area contributed by atoms with Crippen molar-refractivity contribution < 1.29 is 21.7 Å². The number of nitrogens with one attached hydrogen (secondary N) is 1. The monoisotopic (exact) mass is 364 g/mol. The van der Waals surface area contributed by atoms with Crippen molar-refractivity contribution in [2.24, 2.45) is 0 Å². The van der Waals surface area contributed by atoms with Crippen LogP contribution < -0.4 is 4.72 Å². The lowest BCUT2D eigenvalue weighted by Crippen LogP contribution is -2.15. The highest BCUT2D eigenvalue weighted by molar-refractivity contribution is 7.91. The molecular formula is C17H14F2N2O3S. The first kappa shape index (κ1) is 17.1. The van der Waals surface area contributed by atoms with Crippen molar-refractivity contribution in [3.63, 3.8) is 0 Å². The SMILES string of the molecule is Cc1ccc(NS(=O)(=O)Cc2cc(-c3ccc(F)cc3)no2)c(F)c1. The minimum atomic E-state index is -3.88. The van der Waals surface area contributed by atoms with Crippen LogP contribution in [0.25, 0.3) is 11.3 Å². The third kappa shape index (κ3) is 4.21. The van der Waals surface area contributed by atoms with Gasteiger partial charge in [-0.3, -0.25) is 4.72 Å². The standard InChI is InChI=1S/C17H14F2N2O3S/c1-11-2-7-16(15(19)8-11)21-25(22,23)10-14-9-17(20-24-14)12-3-5-13(18)6-4-12/h2-9,21H,10H2,1H3. The van der Waals surface area contributed by atoms with Crippen LogP contribution in [0, 0.1) is 18.6 Å². The van der Waals surface area contributed by atoms with Gasteiger partial charge in [-0.1, -0.05) is 11.2 Å². The van der Waals surface area contributed by atoms with E-state index < -0.39 is 21.6 Å². The number of sulfonamides is 1. The van der Waals surface area contributed by atoms with E-state index in [2.05, 4.69) is 9.88 Å². The summed E-state index contributed by atoms with van der Waals surface area (Å²) in [6, 6.07) is 11.2. The molecule has 0 fully saturated rings. The Kier molecular flexibility index (Phi) is 4.54. The molecule has 0 bridgehead atoms. The van der Waals surface area contributed by atoms with E-state index in [-0.39, 0.29) is 17.3 Å². The summed E-state index contributed by atoms with van der Waals surface area (Å²) >= 11 is 0. The average Bonchev–Trinajstić information content (AvgIpc) is 2.98. The van der Waals surface area contributed by atoms with Crippen LogP contribution in [0.15, 0.2) is 53.1 Å². The predicted octanol–water partition coefficient (Wildman–Crippen LogP) is 3.87. The van der Waals surface area contributed by atoms with Crippen LogP contribution in [0.1, 0.15) is 11.3 Å². The molecule has 0 aliphatic carbocycles. The lowest BCUT2D eigenvalue weighted by atomic mass is 10.1. The van der Waals surface area contributed by atoms with E-state index in [9.17, 15) is 17.2 Å². The normalized spacial score (nSPS) is 11.5. The quantitative estimate of drug-likeness (QED) is 0.746. The molecule has 25 heavy (non-hydrogen) atoms. The Labute approximate surface area is 143 Å². The van der Waals surface area contributed by atoms with Crippen LogP contribution in [0.2, 0.25) is 0 Å². The molecule has 8 heteroatoms. The van der Waals surface area contributed by atoms with Crippen LogP contribution in [-0.4, -0.2) is 13.6 Å². The second-order valence-corrected chi connectivity index (χ2v) is 7.25. The van der Waals surface area contributed by atoms with E-state index in [1.807, 2.05) is 0 Å². The Bertz CT molecular complexity index is 999. The number of hydrogen-bond donors (Lipinski definition) is 1. The predicted molar refractivity (Wildman–Crippen MR) is 89.3 cm³/mol. The van der Waals surface area contributed by atoms with Gasteiger partial charge >= 0.3 is 0 Å². The first-order valence-corrected chi connectivity index (χ1v) is 8.96. The summed E-state index contributed by atoms with van der Waals surface area (Å²) in [5.74, 6) is -1.47. The molecule has 1 heterocycles. The molecule has 0 aliphatic heterocycles. The van der Waals surface area contributed by atoms with Gasteiger partial charge < -0.3 is 4.52 Å². The zero-order valence-corrected chi connectivity index (χ0v) is 14.0. The van der Waals surface area contributed by atoms with Crippen molar-refractivity contribution in [1.29, 1.82) is 0 Å². The molecule has 0 amide bonds. The van der Waals surface area contributed by atoms with Crippen LogP contribution in [0.3, 0.4) is 0 Å². The largest absolute Gasteiger partial charge is 0.360 e. The van der Waals surface area contributed by atoms with Gasteiger partial charge in [0.2, 0.25) is 10.0 Å². The van der Waals surface area contributed by atoms with Gasteiger partial charge in [0.25, 0.3) is 0 Å². The molecule has 0 radical (unpaired) electrons. The van der Waals surface area contributed by atoms with Crippen LogP contribution in [-0.2, 0) is 15.8 Å². The van der Waals surface area contributed by atoms with Crippen molar-refractivity contribution in [2.45, 2.75) is 12.7 Å². The Morgan fingerprint density at radius 3 is 2.48 bits per heavy atom. The first-order valence-electron chi connectivity index (χ1n) is 7.30. The second kappa shape index (κ2) is 6.64. The summed E-state index contributed by atoms with van der Waals surface area (Å²) in [6.45, 7) is 1.70. The number of nitrogens with zero attached hydrogens (tertiary/aromatic N) is 1. The molecular weight excluding hydrogens is 350 g/mol. The highest BCUT2D eigenvalue weighted by Crippen LogP contribution is 2.22. The number of rotatable bonds is 5. The molecule has 0 aliphatic rings. The fourth-order valence-corrected chi connectivity index (χ4v) is 3.31. The van der Waals surface area contributed by atoms with E-state index in [1.54, 1.807) is 13.0 Å². The molecule has 5 nitrogen and oxygen atoms in total. The lowest BCUT2D eigenvalue weighted by molar-refractivity contribution is 0.395. The smallest absolute Gasteiger partial charge is 0.240 e. The number of halogens is 2. The molecule has 0 spiro atoms. The summed E-state index contributed by atoms with van der Waals surface area (Å²) in [5, 5.41) is 3.77. The number of benzene rings is 2. The number of hydrogen-bond acceptors (Lipinski definition) is 4. The van der Waals surface area contributed by atoms with Gasteiger partial charge in [0.1, 0.15) is 23.1 Å². The van der Waals surface area contributed by atoms with E-state index in [4.69, 9.17) is 4.52 Å². The fraction of sp³-hybridized carbons (Fsp3) is 0.118. The topological polar surface area (TPSA) is 72.2 Å². The molecule has 0 unspecified atom stereocenters. The summed E-state index contributed by atoms with van der Waals surface area (Å²) < 4.78 is 58.3. The molecule has 0 saturated heterocycles. The Morgan fingerprint density at radius 1 is 1.08 bits per heavy atom. The first-order chi connectivity index (χ1) is 11.8. The van der Waals surface area contributed by atoms with Crippen molar-refractivity contribution in [2.75, 3.05) is 4.72 Å². The molecule has 0 saturated carbocycles. The van der Waals surface area contributed by atoms with Crippen molar-refractivity contribution in [3.8, 4) is 11.3 Å². The summed E-state index contributed by atoms with van der Waals surface area (Å²) in [4.78, 5) is 0. The second-order valence-electron chi connectivity index (χ2n) is 5.53. The Hall–Kier alpha value is -2.74. The summed E-state index contributed by atoms with van der Waals surface area (Å²) in [5.41, 5.74) is 1.52. The molecule has 2 aromatic carbocycles. The average molecular weight is 364 g/mol. The van der Waals surface area contributed by atoms with Crippen LogP contribution >= 0.6 is 0 Å². The molecule has 0 atom stereocenters. The van der Waals surface area contributed by atoms with Gasteiger partial charge in [-0.15, -0.1) is 0 Å². The van der Waals surface area contributed by atoms with Crippen molar-refractivity contribution in [3.05, 3.63) is 71.5 Å². The fourth-order valence-electron chi connectivity index (χ4n) is 2.23. The van der Waals surface area contributed by atoms with Crippen molar-refractivity contribution >= 4 is 15.7 Å². The third-order valence-electron chi connectivity index (χ3n) is 3.42. The zero-order chi connectivity index (χ0) is 18.0. The Morgan fingerprint density at radius 2 is 1.80 bits per heavy atom. The van der Waals surface area contributed by atoms with E-state index in [0.717, 1.165) is 0 Å². The molecule has 3 aromatic rings. The van der Waals surface area contributed by atoms with E-state index in [0.29, 0.717) is 16.8 Å². The van der Waals surface area contributed by atoms with Gasteiger partial charge in [0.05, 0.1) is 5.69 Å². The minimum absolute atomic E-state index is 0.0827. The van der Waals surface area contributed by atoms with E-state index in [1.165, 1.54) is 42.5 Å². The Balaban J connectivity index is 1.76. The molecule has 3 rings (SSSR count). The highest BCUT2D eigenvalue weighted by Gasteiger charge is 2.18. The minimum Gasteiger partial charge on any atom is -0.360 e. The summed E-state index contributed by atoms with van der Waals surface area (Å²) in [6.07, 6.45) is 0. The van der Waals surface area contributed by atoms with Crippen LogP contribution in [0.5, 0.6) is 0 Å². The number of aromatic nitrogens is 1. The van der Waals surface area contributed by atoms with Gasteiger partial charge in [0.15, 0.2) is 5.76 Å². The van der Waals surface area contributed by atoms with Crippen molar-refractivity contribution in [1.82, 2.24) is 5.16 Å². The number of aryl methyl sites for hydroxylation is 1. The third-order valence-corrected chi connectivity index (χ3v) is 4.62. The molecule has 1 N–H and O–H groups in total. The lowest BCUT2D eigenvalue weighted by Gasteiger charge is -2.07. The maximum Gasteiger partial charge on any atom is 0.240 e. The molecule has 1 aromatic heterocycles. The highest BCUT2D eigenvalue weighted by atomic mass is 32.2.